The zero-order valence-electron chi connectivity index (χ0n) is 19.6. The van der Waals surface area contributed by atoms with E-state index in [1.807, 2.05) is 39.8 Å². The Hall–Kier alpha value is -3.23. The summed E-state index contributed by atoms with van der Waals surface area (Å²) < 4.78 is 16.8. The van der Waals surface area contributed by atoms with E-state index in [-0.39, 0.29) is 18.4 Å². The number of nitrogens with zero attached hydrogens (tertiary/aromatic N) is 2. The quantitative estimate of drug-likeness (QED) is 0.716. The highest BCUT2D eigenvalue weighted by Crippen LogP contribution is 2.29. The third-order valence-corrected chi connectivity index (χ3v) is 5.37. The van der Waals surface area contributed by atoms with Gasteiger partial charge in [-0.1, -0.05) is 5.57 Å². The first-order chi connectivity index (χ1) is 15.1. The number of H-pyrrole nitrogens is 1. The van der Waals surface area contributed by atoms with Crippen LogP contribution in [0.25, 0.3) is 0 Å². The van der Waals surface area contributed by atoms with E-state index < -0.39 is 11.7 Å². The second-order valence-electron chi connectivity index (χ2n) is 8.87. The largest absolute Gasteiger partial charge is 0.497 e. The number of methoxy groups -OCH3 is 2. The van der Waals surface area contributed by atoms with Gasteiger partial charge in [0.25, 0.3) is 0 Å². The van der Waals surface area contributed by atoms with E-state index in [1.54, 1.807) is 19.1 Å². The van der Waals surface area contributed by atoms with E-state index in [0.717, 1.165) is 16.8 Å². The Kier molecular flexibility index (Phi) is 6.96. The predicted molar refractivity (Wildman–Crippen MR) is 121 cm³/mol. The molecule has 2 N–H and O–H groups in total. The van der Waals surface area contributed by atoms with Crippen LogP contribution < -0.4 is 11.0 Å². The van der Waals surface area contributed by atoms with Crippen LogP contribution in [0, 0.1) is 0 Å². The Labute approximate surface area is 188 Å². The molecule has 2 aliphatic rings. The summed E-state index contributed by atoms with van der Waals surface area (Å²) in [6.07, 6.45) is 6.41. The van der Waals surface area contributed by atoms with Crippen molar-refractivity contribution >= 4 is 11.8 Å². The standard InChI is InChI=1S/C23H32N4O5/c1-14-7-8-15(30-5)11-19(31-6)16(14)13-27(22(29)32-23(2,3)4)20-10-9-17-18(25-20)12-24-21(28)26-17/h8,11-12,20,25H,7,9-10,13H2,1-6H3,(H,24,26,28). The molecule has 2 heterocycles. The second-order valence-corrected chi connectivity index (χ2v) is 8.87. The first kappa shape index (κ1) is 23.4. The number of anilines is 1. The van der Waals surface area contributed by atoms with Crippen molar-refractivity contribution in [1.82, 2.24) is 14.9 Å². The third-order valence-electron chi connectivity index (χ3n) is 5.37. The molecule has 1 aromatic rings. The van der Waals surface area contributed by atoms with Crippen molar-refractivity contribution in [2.75, 3.05) is 26.1 Å². The number of aromatic amines is 1. The lowest BCUT2D eigenvalue weighted by Gasteiger charge is -2.37. The highest BCUT2D eigenvalue weighted by molar-refractivity contribution is 5.70. The first-order valence-electron chi connectivity index (χ1n) is 10.6. The number of fused-ring (bicyclic) bond motifs is 1. The van der Waals surface area contributed by atoms with Crippen molar-refractivity contribution in [3.05, 3.63) is 57.2 Å². The molecule has 0 fully saturated rings. The first-order valence-corrected chi connectivity index (χ1v) is 10.6. The maximum absolute atomic E-state index is 13.3. The molecule has 0 aromatic carbocycles. The average molecular weight is 445 g/mol. The average Bonchev–Trinajstić information content (AvgIpc) is 2.88. The van der Waals surface area contributed by atoms with Crippen LogP contribution in [-0.2, 0) is 20.6 Å². The van der Waals surface area contributed by atoms with Crippen LogP contribution in [-0.4, -0.2) is 53.5 Å². The number of aryl methyl sites for hydroxylation is 1. The Morgan fingerprint density at radius 2 is 2.03 bits per heavy atom. The van der Waals surface area contributed by atoms with Gasteiger partial charge in [-0.3, -0.25) is 4.90 Å². The van der Waals surface area contributed by atoms with Gasteiger partial charge in [0.05, 0.1) is 32.6 Å². The molecule has 9 nitrogen and oxygen atoms in total. The van der Waals surface area contributed by atoms with Gasteiger partial charge in [0.2, 0.25) is 0 Å². The minimum Gasteiger partial charge on any atom is -0.497 e. The molecule has 9 heteroatoms. The zero-order valence-corrected chi connectivity index (χ0v) is 19.6. The van der Waals surface area contributed by atoms with Crippen LogP contribution in [0.2, 0.25) is 0 Å². The van der Waals surface area contributed by atoms with Crippen molar-refractivity contribution < 1.29 is 19.0 Å². The summed E-state index contributed by atoms with van der Waals surface area (Å²) in [6.45, 7) is 7.82. The fraction of sp³-hybridized carbons (Fsp3) is 0.522. The molecule has 0 bridgehead atoms. The fourth-order valence-corrected chi connectivity index (χ4v) is 3.71. The molecule has 1 amide bonds. The third kappa shape index (κ3) is 5.52. The van der Waals surface area contributed by atoms with Gasteiger partial charge in [0.1, 0.15) is 23.3 Å². The number of rotatable bonds is 5. The van der Waals surface area contributed by atoms with Crippen LogP contribution in [0.5, 0.6) is 0 Å². The lowest BCUT2D eigenvalue weighted by atomic mass is 10.0. The van der Waals surface area contributed by atoms with E-state index >= 15 is 0 Å². The maximum Gasteiger partial charge on any atom is 0.412 e. The molecule has 1 aliphatic carbocycles. The Morgan fingerprint density at radius 3 is 2.69 bits per heavy atom. The second kappa shape index (κ2) is 9.50. The summed E-state index contributed by atoms with van der Waals surface area (Å²) in [6, 6.07) is 0. The number of allylic oxidation sites excluding steroid dienone is 3. The van der Waals surface area contributed by atoms with Gasteiger partial charge in [-0.25, -0.2) is 9.59 Å². The van der Waals surface area contributed by atoms with E-state index in [2.05, 4.69) is 15.3 Å². The highest BCUT2D eigenvalue weighted by atomic mass is 16.6. The topological polar surface area (TPSA) is 106 Å². The zero-order chi connectivity index (χ0) is 23.5. The van der Waals surface area contributed by atoms with Crippen LogP contribution in [0.15, 0.2) is 45.8 Å². The molecular formula is C23H32N4O5. The van der Waals surface area contributed by atoms with Gasteiger partial charge in [0, 0.05) is 17.3 Å². The summed E-state index contributed by atoms with van der Waals surface area (Å²) in [5.74, 6) is 1.35. The highest BCUT2D eigenvalue weighted by Gasteiger charge is 2.33. The smallest absolute Gasteiger partial charge is 0.412 e. The molecule has 1 aromatic heterocycles. The van der Waals surface area contributed by atoms with Gasteiger partial charge in [-0.05, 0) is 53.0 Å². The predicted octanol–water partition coefficient (Wildman–Crippen LogP) is 3.47. The van der Waals surface area contributed by atoms with Crippen LogP contribution in [0.1, 0.15) is 46.2 Å². The summed E-state index contributed by atoms with van der Waals surface area (Å²) in [5.41, 5.74) is 2.42. The molecule has 1 atom stereocenters. The number of carbonyl (C=O) groups is 1. The number of hydrogen-bond acceptors (Lipinski definition) is 7. The van der Waals surface area contributed by atoms with E-state index in [4.69, 9.17) is 14.2 Å². The molecule has 1 unspecified atom stereocenters. The Morgan fingerprint density at radius 1 is 1.28 bits per heavy atom. The minimum absolute atomic E-state index is 0.287. The maximum atomic E-state index is 13.3. The monoisotopic (exact) mass is 444 g/mol. The summed E-state index contributed by atoms with van der Waals surface area (Å²) >= 11 is 0. The lowest BCUT2D eigenvalue weighted by molar-refractivity contribution is 0.0192. The van der Waals surface area contributed by atoms with Gasteiger partial charge in [-0.15, -0.1) is 0 Å². The van der Waals surface area contributed by atoms with Gasteiger partial charge in [-0.2, -0.15) is 4.98 Å². The molecular weight excluding hydrogens is 412 g/mol. The molecule has 1 aliphatic heterocycles. The van der Waals surface area contributed by atoms with Crippen LogP contribution in [0.3, 0.4) is 0 Å². The van der Waals surface area contributed by atoms with Gasteiger partial charge < -0.3 is 24.5 Å². The minimum atomic E-state index is -0.647. The SMILES string of the molecule is COC1=CCC(C)=C(CN(C(=O)OC(C)(C)C)C2CCc3[nH]c(=O)ncc3N2)C(OC)=C1. The number of carbonyl (C=O) groups excluding carboxylic acids is 1. The van der Waals surface area contributed by atoms with Crippen molar-refractivity contribution in [3.8, 4) is 0 Å². The number of ether oxygens (including phenoxy) is 3. The normalized spacial score (nSPS) is 18.5. The summed E-state index contributed by atoms with van der Waals surface area (Å²) in [7, 11) is 3.22. The Balaban J connectivity index is 1.94. The number of nitrogens with one attached hydrogen (secondary N) is 2. The van der Waals surface area contributed by atoms with Crippen molar-refractivity contribution in [3.63, 3.8) is 0 Å². The number of hydrogen-bond donors (Lipinski definition) is 2. The number of aromatic nitrogens is 2. The Bertz CT molecular complexity index is 1020. The molecule has 0 spiro atoms. The van der Waals surface area contributed by atoms with E-state index in [9.17, 15) is 9.59 Å². The number of amides is 1. The summed E-state index contributed by atoms with van der Waals surface area (Å²) in [5, 5.41) is 3.34. The molecule has 0 radical (unpaired) electrons. The van der Waals surface area contributed by atoms with Crippen LogP contribution in [0.4, 0.5) is 10.5 Å². The van der Waals surface area contributed by atoms with E-state index in [1.165, 1.54) is 6.20 Å². The molecule has 174 valence electrons. The fourth-order valence-electron chi connectivity index (χ4n) is 3.71. The van der Waals surface area contributed by atoms with Crippen molar-refractivity contribution in [1.29, 1.82) is 0 Å². The molecule has 3 rings (SSSR count). The molecule has 0 saturated heterocycles. The lowest BCUT2D eigenvalue weighted by Crippen LogP contribution is -2.49. The summed E-state index contributed by atoms with van der Waals surface area (Å²) in [4.78, 5) is 33.1. The van der Waals surface area contributed by atoms with Crippen molar-refractivity contribution in [2.24, 2.45) is 0 Å². The molecule has 32 heavy (non-hydrogen) atoms. The van der Waals surface area contributed by atoms with E-state index in [0.29, 0.717) is 36.5 Å². The van der Waals surface area contributed by atoms with Gasteiger partial charge >= 0.3 is 11.8 Å². The van der Waals surface area contributed by atoms with Crippen molar-refractivity contribution in [2.45, 2.75) is 58.7 Å². The van der Waals surface area contributed by atoms with Gasteiger partial charge in [0.15, 0.2) is 0 Å². The van der Waals surface area contributed by atoms with Crippen LogP contribution >= 0.6 is 0 Å². The molecule has 0 saturated carbocycles.